The standard InChI is InChI=1S/C22H31N/c1-6-18-11-16(12-19(7-2)15(18)5)10-17-13-20(8-3)22(23)21(9-4)14-17/h11-14H,6-10,23H2,1-5H3. The minimum absolute atomic E-state index is 0.992. The number of rotatable bonds is 6. The first-order valence-corrected chi connectivity index (χ1v) is 9.05. The van der Waals surface area contributed by atoms with Crippen LogP contribution in [0.25, 0.3) is 0 Å². The highest BCUT2D eigenvalue weighted by Gasteiger charge is 2.09. The lowest BCUT2D eigenvalue weighted by Gasteiger charge is -2.15. The highest BCUT2D eigenvalue weighted by atomic mass is 14.6. The van der Waals surface area contributed by atoms with Gasteiger partial charge in [-0.2, -0.15) is 0 Å². The van der Waals surface area contributed by atoms with Gasteiger partial charge in [0.25, 0.3) is 0 Å². The maximum absolute atomic E-state index is 6.28. The molecule has 0 heterocycles. The molecule has 2 aromatic rings. The molecule has 0 bridgehead atoms. The topological polar surface area (TPSA) is 26.0 Å². The Kier molecular flexibility index (Phi) is 5.87. The van der Waals surface area contributed by atoms with Crippen molar-refractivity contribution >= 4 is 5.69 Å². The van der Waals surface area contributed by atoms with Crippen LogP contribution < -0.4 is 5.73 Å². The molecule has 0 fully saturated rings. The zero-order chi connectivity index (χ0) is 17.0. The number of benzene rings is 2. The summed E-state index contributed by atoms with van der Waals surface area (Å²) < 4.78 is 0. The van der Waals surface area contributed by atoms with Crippen molar-refractivity contribution in [2.24, 2.45) is 0 Å². The van der Waals surface area contributed by atoms with Crippen molar-refractivity contribution in [3.63, 3.8) is 0 Å². The molecule has 0 radical (unpaired) electrons. The Morgan fingerprint density at radius 2 is 1.00 bits per heavy atom. The molecule has 0 saturated carbocycles. The number of nitrogens with two attached hydrogens (primary N) is 1. The average molecular weight is 309 g/mol. The monoisotopic (exact) mass is 309 g/mol. The van der Waals surface area contributed by atoms with Crippen LogP contribution in [0.15, 0.2) is 24.3 Å². The lowest BCUT2D eigenvalue weighted by molar-refractivity contribution is 1.01. The molecule has 0 saturated heterocycles. The first kappa shape index (κ1) is 17.6. The molecule has 0 aliphatic heterocycles. The van der Waals surface area contributed by atoms with Crippen molar-refractivity contribution in [3.05, 3.63) is 63.2 Å². The van der Waals surface area contributed by atoms with Crippen molar-refractivity contribution in [2.45, 2.75) is 66.7 Å². The number of aryl methyl sites for hydroxylation is 4. The fourth-order valence-electron chi connectivity index (χ4n) is 3.52. The van der Waals surface area contributed by atoms with Gasteiger partial charge in [0.2, 0.25) is 0 Å². The second-order valence-electron chi connectivity index (χ2n) is 6.46. The first-order valence-electron chi connectivity index (χ1n) is 9.05. The first-order chi connectivity index (χ1) is 11.0. The van der Waals surface area contributed by atoms with Crippen LogP contribution in [0.4, 0.5) is 5.69 Å². The van der Waals surface area contributed by atoms with E-state index >= 15 is 0 Å². The van der Waals surface area contributed by atoms with Crippen molar-refractivity contribution in [1.29, 1.82) is 0 Å². The van der Waals surface area contributed by atoms with E-state index in [1.165, 1.54) is 38.9 Å². The molecule has 0 aromatic heterocycles. The molecule has 2 aromatic carbocycles. The summed E-state index contributed by atoms with van der Waals surface area (Å²) in [5.74, 6) is 0. The average Bonchev–Trinajstić information content (AvgIpc) is 2.57. The molecule has 0 aliphatic carbocycles. The van der Waals surface area contributed by atoms with E-state index in [1.807, 2.05) is 0 Å². The SMILES string of the molecule is CCc1cc(Cc2cc(CC)c(N)c(CC)c2)cc(CC)c1C. The Labute approximate surface area is 141 Å². The third kappa shape index (κ3) is 3.77. The largest absolute Gasteiger partial charge is 0.398 e. The highest BCUT2D eigenvalue weighted by Crippen LogP contribution is 2.25. The van der Waals surface area contributed by atoms with Gasteiger partial charge in [0, 0.05) is 5.69 Å². The molecule has 0 unspecified atom stereocenters. The van der Waals surface area contributed by atoms with E-state index in [-0.39, 0.29) is 0 Å². The van der Waals surface area contributed by atoms with Crippen molar-refractivity contribution in [3.8, 4) is 0 Å². The van der Waals surface area contributed by atoms with Crippen LogP contribution in [0.5, 0.6) is 0 Å². The van der Waals surface area contributed by atoms with Gasteiger partial charge in [-0.05, 0) is 78.0 Å². The van der Waals surface area contributed by atoms with Crippen molar-refractivity contribution in [1.82, 2.24) is 0 Å². The van der Waals surface area contributed by atoms with Crippen molar-refractivity contribution < 1.29 is 0 Å². The summed E-state index contributed by atoms with van der Waals surface area (Å²) >= 11 is 0. The van der Waals surface area contributed by atoms with Gasteiger partial charge >= 0.3 is 0 Å². The normalized spacial score (nSPS) is 11.0. The van der Waals surface area contributed by atoms with Crippen LogP contribution in [0.2, 0.25) is 0 Å². The number of hydrogen-bond acceptors (Lipinski definition) is 1. The predicted octanol–water partition coefficient (Wildman–Crippen LogP) is 5.42. The number of anilines is 1. The summed E-state index contributed by atoms with van der Waals surface area (Å²) in [6.07, 6.45) is 5.21. The van der Waals surface area contributed by atoms with Crippen LogP contribution in [-0.2, 0) is 32.1 Å². The summed E-state index contributed by atoms with van der Waals surface area (Å²) in [6, 6.07) is 9.38. The summed E-state index contributed by atoms with van der Waals surface area (Å²) in [4.78, 5) is 0. The summed E-state index contributed by atoms with van der Waals surface area (Å²) in [7, 11) is 0. The lowest BCUT2D eigenvalue weighted by atomic mass is 9.91. The summed E-state index contributed by atoms with van der Waals surface area (Å²) in [5.41, 5.74) is 17.1. The Hall–Kier alpha value is -1.76. The second-order valence-corrected chi connectivity index (χ2v) is 6.46. The third-order valence-corrected chi connectivity index (χ3v) is 5.03. The second kappa shape index (κ2) is 7.68. The van der Waals surface area contributed by atoms with Crippen LogP contribution in [0, 0.1) is 6.92 Å². The van der Waals surface area contributed by atoms with Crippen LogP contribution in [0.3, 0.4) is 0 Å². The summed E-state index contributed by atoms with van der Waals surface area (Å²) in [5, 5.41) is 0. The zero-order valence-electron chi connectivity index (χ0n) is 15.4. The van der Waals surface area contributed by atoms with Gasteiger partial charge in [-0.3, -0.25) is 0 Å². The van der Waals surface area contributed by atoms with E-state index < -0.39 is 0 Å². The third-order valence-electron chi connectivity index (χ3n) is 5.03. The molecule has 124 valence electrons. The Morgan fingerprint density at radius 1 is 0.652 bits per heavy atom. The number of nitrogen functional groups attached to an aromatic ring is 1. The molecule has 2 rings (SSSR count). The maximum Gasteiger partial charge on any atom is 0.0379 e. The molecule has 2 N–H and O–H groups in total. The minimum Gasteiger partial charge on any atom is -0.398 e. The Bertz CT molecular complexity index is 573. The van der Waals surface area contributed by atoms with Gasteiger partial charge in [0.1, 0.15) is 0 Å². The van der Waals surface area contributed by atoms with E-state index in [4.69, 9.17) is 5.73 Å². The number of hydrogen-bond donors (Lipinski definition) is 1. The maximum atomic E-state index is 6.28. The fraction of sp³-hybridized carbons (Fsp3) is 0.455. The van der Waals surface area contributed by atoms with Crippen LogP contribution in [-0.4, -0.2) is 0 Å². The summed E-state index contributed by atoms with van der Waals surface area (Å²) in [6.45, 7) is 11.1. The van der Waals surface area contributed by atoms with Crippen LogP contribution >= 0.6 is 0 Å². The molecule has 0 amide bonds. The van der Waals surface area contributed by atoms with E-state index in [2.05, 4.69) is 58.9 Å². The molecular formula is C22H31N. The van der Waals surface area contributed by atoms with Crippen molar-refractivity contribution in [2.75, 3.05) is 5.73 Å². The fourth-order valence-corrected chi connectivity index (χ4v) is 3.52. The quantitative estimate of drug-likeness (QED) is 0.709. The molecule has 1 nitrogen and oxygen atoms in total. The Morgan fingerprint density at radius 3 is 1.35 bits per heavy atom. The van der Waals surface area contributed by atoms with E-state index in [0.29, 0.717) is 0 Å². The Balaban J connectivity index is 2.43. The molecular weight excluding hydrogens is 278 g/mol. The molecule has 23 heavy (non-hydrogen) atoms. The highest BCUT2D eigenvalue weighted by molar-refractivity contribution is 5.56. The van der Waals surface area contributed by atoms with Gasteiger partial charge < -0.3 is 5.73 Å². The van der Waals surface area contributed by atoms with Gasteiger partial charge in [-0.1, -0.05) is 52.0 Å². The smallest absolute Gasteiger partial charge is 0.0379 e. The van der Waals surface area contributed by atoms with Gasteiger partial charge in [0.15, 0.2) is 0 Å². The van der Waals surface area contributed by atoms with Crippen LogP contribution in [0.1, 0.15) is 66.6 Å². The molecule has 1 heteroatoms. The van der Waals surface area contributed by atoms with Gasteiger partial charge in [-0.15, -0.1) is 0 Å². The van der Waals surface area contributed by atoms with E-state index in [0.717, 1.165) is 37.8 Å². The lowest BCUT2D eigenvalue weighted by Crippen LogP contribution is -2.03. The molecule has 0 aliphatic rings. The molecule has 0 atom stereocenters. The zero-order valence-corrected chi connectivity index (χ0v) is 15.4. The van der Waals surface area contributed by atoms with E-state index in [1.54, 1.807) is 0 Å². The van der Waals surface area contributed by atoms with Gasteiger partial charge in [0.05, 0.1) is 0 Å². The van der Waals surface area contributed by atoms with Gasteiger partial charge in [-0.25, -0.2) is 0 Å². The molecule has 0 spiro atoms. The minimum atomic E-state index is 0.992. The van der Waals surface area contributed by atoms with E-state index in [9.17, 15) is 0 Å². The predicted molar refractivity (Wildman–Crippen MR) is 102 cm³/mol.